The van der Waals surface area contributed by atoms with Crippen LogP contribution in [-0.4, -0.2) is 24.5 Å². The maximum Gasteiger partial charge on any atom is 0.00639 e. The maximum absolute atomic E-state index is 3.85. The van der Waals surface area contributed by atoms with Crippen LogP contribution in [0.3, 0.4) is 0 Å². The topological polar surface area (TPSA) is 3.24 Å². The Kier molecular flexibility index (Phi) is 7.76. The Morgan fingerprint density at radius 2 is 1.87 bits per heavy atom. The molecule has 0 saturated carbocycles. The summed E-state index contributed by atoms with van der Waals surface area (Å²) in [5, 5.41) is 0. The highest BCUT2D eigenvalue weighted by Gasteiger charge is 2.16. The highest BCUT2D eigenvalue weighted by atomic mass is 15.1. The first-order valence-corrected chi connectivity index (χ1v) is 6.34. The molecule has 0 spiro atoms. The van der Waals surface area contributed by atoms with E-state index in [1.54, 1.807) is 0 Å². The molecule has 0 bridgehead atoms. The Morgan fingerprint density at radius 1 is 1.27 bits per heavy atom. The van der Waals surface area contributed by atoms with Gasteiger partial charge in [0, 0.05) is 12.6 Å². The van der Waals surface area contributed by atoms with E-state index in [0.29, 0.717) is 6.04 Å². The predicted molar refractivity (Wildman–Crippen MR) is 70.1 cm³/mol. The van der Waals surface area contributed by atoms with Crippen molar-refractivity contribution in [3.8, 4) is 0 Å². The van der Waals surface area contributed by atoms with E-state index in [2.05, 4.69) is 52.3 Å². The first-order valence-electron chi connectivity index (χ1n) is 6.34. The lowest BCUT2D eigenvalue weighted by Gasteiger charge is -2.30. The van der Waals surface area contributed by atoms with Crippen LogP contribution >= 0.6 is 0 Å². The summed E-state index contributed by atoms with van der Waals surface area (Å²) in [5.41, 5.74) is 0. The molecule has 0 aromatic carbocycles. The minimum absolute atomic E-state index is 0.709. The second kappa shape index (κ2) is 7.92. The van der Waals surface area contributed by atoms with Crippen molar-refractivity contribution in [3.05, 3.63) is 12.7 Å². The summed E-state index contributed by atoms with van der Waals surface area (Å²) in [4.78, 5) is 2.50. The zero-order valence-corrected chi connectivity index (χ0v) is 11.3. The van der Waals surface area contributed by atoms with Crippen molar-refractivity contribution >= 4 is 0 Å². The van der Waals surface area contributed by atoms with Crippen LogP contribution in [0.4, 0.5) is 0 Å². The Morgan fingerprint density at radius 3 is 2.27 bits per heavy atom. The third-order valence-electron chi connectivity index (χ3n) is 3.39. The summed E-state index contributed by atoms with van der Waals surface area (Å²) in [6, 6.07) is 0.709. The van der Waals surface area contributed by atoms with Gasteiger partial charge in [-0.25, -0.2) is 0 Å². The molecule has 0 N–H and O–H groups in total. The zero-order valence-electron chi connectivity index (χ0n) is 11.3. The van der Waals surface area contributed by atoms with Crippen LogP contribution in [0, 0.1) is 11.8 Å². The first kappa shape index (κ1) is 14.7. The third kappa shape index (κ3) is 5.99. The van der Waals surface area contributed by atoms with Gasteiger partial charge in [-0.2, -0.15) is 0 Å². The number of hydrogen-bond donors (Lipinski definition) is 0. The average molecular weight is 211 g/mol. The molecule has 0 aromatic rings. The van der Waals surface area contributed by atoms with Gasteiger partial charge in [0.25, 0.3) is 0 Å². The molecule has 0 saturated heterocycles. The van der Waals surface area contributed by atoms with Crippen molar-refractivity contribution in [3.63, 3.8) is 0 Å². The quantitative estimate of drug-likeness (QED) is 0.549. The minimum atomic E-state index is 0.709. The molecule has 0 aliphatic carbocycles. The van der Waals surface area contributed by atoms with E-state index in [9.17, 15) is 0 Å². The molecule has 90 valence electrons. The molecule has 0 fully saturated rings. The van der Waals surface area contributed by atoms with E-state index < -0.39 is 0 Å². The van der Waals surface area contributed by atoms with Gasteiger partial charge in [-0.3, -0.25) is 0 Å². The van der Waals surface area contributed by atoms with Crippen molar-refractivity contribution in [2.45, 2.75) is 53.0 Å². The molecule has 0 aromatic heterocycles. The SMILES string of the molecule is C=CCC(CN(C)[C@@H](C)CCC)C(C)C. The molecule has 15 heavy (non-hydrogen) atoms. The molecule has 0 amide bonds. The second-order valence-electron chi connectivity index (χ2n) is 5.11. The van der Waals surface area contributed by atoms with Crippen molar-refractivity contribution in [2.75, 3.05) is 13.6 Å². The standard InChI is InChI=1S/C14H29N/c1-7-9-13(5)15(6)11-14(10-8-2)12(3)4/h8,12-14H,2,7,9-11H2,1,3-6H3/t13-,14?/m0/s1. The molecule has 2 atom stereocenters. The van der Waals surface area contributed by atoms with Gasteiger partial charge in [0.15, 0.2) is 0 Å². The molecule has 0 aliphatic heterocycles. The molecular formula is C14H29N. The van der Waals surface area contributed by atoms with Crippen molar-refractivity contribution < 1.29 is 0 Å². The van der Waals surface area contributed by atoms with Crippen LogP contribution in [0.1, 0.15) is 47.0 Å². The van der Waals surface area contributed by atoms with Gasteiger partial charge < -0.3 is 4.90 Å². The lowest BCUT2D eigenvalue weighted by atomic mass is 9.91. The van der Waals surface area contributed by atoms with Gasteiger partial charge in [0.1, 0.15) is 0 Å². The van der Waals surface area contributed by atoms with Crippen molar-refractivity contribution in [1.29, 1.82) is 0 Å². The zero-order chi connectivity index (χ0) is 11.8. The summed E-state index contributed by atoms with van der Waals surface area (Å²) in [5.74, 6) is 1.51. The van der Waals surface area contributed by atoms with Crippen LogP contribution in [0.15, 0.2) is 12.7 Å². The minimum Gasteiger partial charge on any atom is -0.303 e. The van der Waals surface area contributed by atoms with E-state index in [4.69, 9.17) is 0 Å². The third-order valence-corrected chi connectivity index (χ3v) is 3.39. The fourth-order valence-electron chi connectivity index (χ4n) is 1.96. The lowest BCUT2D eigenvalue weighted by Crippen LogP contribution is -2.35. The van der Waals surface area contributed by atoms with Gasteiger partial charge in [-0.1, -0.05) is 33.3 Å². The van der Waals surface area contributed by atoms with E-state index >= 15 is 0 Å². The molecule has 1 unspecified atom stereocenters. The van der Waals surface area contributed by atoms with Crippen LogP contribution in [0.25, 0.3) is 0 Å². The van der Waals surface area contributed by atoms with E-state index in [0.717, 1.165) is 18.3 Å². The van der Waals surface area contributed by atoms with Gasteiger partial charge in [0.2, 0.25) is 0 Å². The smallest absolute Gasteiger partial charge is 0.00639 e. The number of allylic oxidation sites excluding steroid dienone is 1. The van der Waals surface area contributed by atoms with Crippen LogP contribution < -0.4 is 0 Å². The van der Waals surface area contributed by atoms with Gasteiger partial charge in [0.05, 0.1) is 0 Å². The van der Waals surface area contributed by atoms with Crippen LogP contribution in [0.2, 0.25) is 0 Å². The fourth-order valence-corrected chi connectivity index (χ4v) is 1.96. The largest absolute Gasteiger partial charge is 0.303 e. The van der Waals surface area contributed by atoms with Crippen LogP contribution in [0.5, 0.6) is 0 Å². The van der Waals surface area contributed by atoms with Crippen LogP contribution in [-0.2, 0) is 0 Å². The molecular weight excluding hydrogens is 182 g/mol. The Labute approximate surface area is 96.6 Å². The molecule has 0 radical (unpaired) electrons. The molecule has 1 heteroatoms. The summed E-state index contributed by atoms with van der Waals surface area (Å²) in [7, 11) is 2.25. The van der Waals surface area contributed by atoms with Crippen molar-refractivity contribution in [1.82, 2.24) is 4.90 Å². The van der Waals surface area contributed by atoms with Gasteiger partial charge in [-0.05, 0) is 38.6 Å². The Hall–Kier alpha value is -0.300. The van der Waals surface area contributed by atoms with E-state index in [-0.39, 0.29) is 0 Å². The second-order valence-corrected chi connectivity index (χ2v) is 5.11. The summed E-state index contributed by atoms with van der Waals surface area (Å²) >= 11 is 0. The predicted octanol–water partition coefficient (Wildman–Crippen LogP) is 3.96. The molecule has 1 nitrogen and oxygen atoms in total. The Bertz CT molecular complexity index is 163. The molecule has 0 heterocycles. The van der Waals surface area contributed by atoms with E-state index in [1.165, 1.54) is 19.4 Å². The highest BCUT2D eigenvalue weighted by molar-refractivity contribution is 4.78. The van der Waals surface area contributed by atoms with Gasteiger partial charge in [-0.15, -0.1) is 6.58 Å². The molecule has 0 rings (SSSR count). The summed E-state index contributed by atoms with van der Waals surface area (Å²) < 4.78 is 0. The maximum atomic E-state index is 3.85. The monoisotopic (exact) mass is 211 g/mol. The average Bonchev–Trinajstić information content (AvgIpc) is 2.17. The Balaban J connectivity index is 4.08. The number of hydrogen-bond acceptors (Lipinski definition) is 1. The molecule has 0 aliphatic rings. The summed E-state index contributed by atoms with van der Waals surface area (Å²) in [6.45, 7) is 14.3. The first-order chi connectivity index (χ1) is 7.02. The number of nitrogens with zero attached hydrogens (tertiary/aromatic N) is 1. The fraction of sp³-hybridized carbons (Fsp3) is 0.857. The summed E-state index contributed by atoms with van der Waals surface area (Å²) in [6.07, 6.45) is 5.78. The van der Waals surface area contributed by atoms with Gasteiger partial charge >= 0.3 is 0 Å². The highest BCUT2D eigenvalue weighted by Crippen LogP contribution is 2.18. The van der Waals surface area contributed by atoms with Crippen molar-refractivity contribution in [2.24, 2.45) is 11.8 Å². The lowest BCUT2D eigenvalue weighted by molar-refractivity contribution is 0.184. The number of rotatable bonds is 8. The van der Waals surface area contributed by atoms with E-state index in [1.807, 2.05) is 0 Å². The normalized spacial score (nSPS) is 15.7.